The number of benzene rings is 1. The molecule has 1 amide bonds. The first-order chi connectivity index (χ1) is 9.53. The summed E-state index contributed by atoms with van der Waals surface area (Å²) in [6.45, 7) is 0. The number of carbonyl (C=O) groups is 1. The van der Waals surface area contributed by atoms with Crippen LogP contribution in [0.25, 0.3) is 0 Å². The van der Waals surface area contributed by atoms with Crippen LogP contribution in [0.3, 0.4) is 0 Å². The highest BCUT2D eigenvalue weighted by Gasteiger charge is 2.17. The summed E-state index contributed by atoms with van der Waals surface area (Å²) < 4.78 is 10.3. The van der Waals surface area contributed by atoms with E-state index in [4.69, 9.17) is 26.8 Å². The Kier molecular flexibility index (Phi) is 6.98. The third kappa shape index (κ3) is 4.47. The van der Waals surface area contributed by atoms with E-state index in [2.05, 4.69) is 5.32 Å². The minimum atomic E-state index is -0.561. The number of methoxy groups -OCH3 is 2. The van der Waals surface area contributed by atoms with E-state index in [-0.39, 0.29) is 5.91 Å². The maximum absolute atomic E-state index is 12.0. The molecule has 0 saturated carbocycles. The van der Waals surface area contributed by atoms with E-state index < -0.39 is 6.04 Å². The first-order valence-electron chi connectivity index (χ1n) is 6.00. The molecule has 0 aliphatic carbocycles. The number of hydrogen-bond acceptors (Lipinski definition) is 5. The first-order valence-corrected chi connectivity index (χ1v) is 7.77. The number of ether oxygens (including phenoxy) is 2. The molecule has 0 radical (unpaired) electrons. The molecule has 0 aliphatic heterocycles. The predicted molar refractivity (Wildman–Crippen MR) is 84.2 cm³/mol. The Morgan fingerprint density at radius 1 is 1.40 bits per heavy atom. The van der Waals surface area contributed by atoms with E-state index in [1.54, 1.807) is 23.9 Å². The Bertz CT molecular complexity index is 471. The summed E-state index contributed by atoms with van der Waals surface area (Å²) in [6, 6.07) is 2.64. The maximum Gasteiger partial charge on any atom is 0.241 e. The molecule has 1 aromatic rings. The smallest absolute Gasteiger partial charge is 0.241 e. The van der Waals surface area contributed by atoms with Gasteiger partial charge in [0.15, 0.2) is 0 Å². The van der Waals surface area contributed by atoms with Crippen LogP contribution in [-0.4, -0.2) is 38.2 Å². The van der Waals surface area contributed by atoms with Crippen LogP contribution in [0.4, 0.5) is 5.69 Å². The zero-order valence-electron chi connectivity index (χ0n) is 11.7. The molecule has 1 atom stereocenters. The summed E-state index contributed by atoms with van der Waals surface area (Å²) in [7, 11) is 3.00. The van der Waals surface area contributed by atoms with Crippen molar-refractivity contribution in [1.82, 2.24) is 0 Å². The van der Waals surface area contributed by atoms with Crippen LogP contribution in [0, 0.1) is 0 Å². The lowest BCUT2D eigenvalue weighted by atomic mass is 10.2. The third-order valence-corrected chi connectivity index (χ3v) is 3.64. The normalized spacial score (nSPS) is 11.8. The number of halogens is 1. The summed E-state index contributed by atoms with van der Waals surface area (Å²) in [5.41, 5.74) is 6.30. The summed E-state index contributed by atoms with van der Waals surface area (Å²) in [6.07, 6.45) is 2.58. The number of anilines is 1. The van der Waals surface area contributed by atoms with Gasteiger partial charge in [0, 0.05) is 12.1 Å². The second-order valence-electron chi connectivity index (χ2n) is 4.06. The highest BCUT2D eigenvalue weighted by molar-refractivity contribution is 7.98. The third-order valence-electron chi connectivity index (χ3n) is 2.70. The lowest BCUT2D eigenvalue weighted by Gasteiger charge is -2.15. The molecule has 0 saturated heterocycles. The van der Waals surface area contributed by atoms with Gasteiger partial charge in [0.05, 0.1) is 31.0 Å². The fourth-order valence-corrected chi connectivity index (χ4v) is 2.28. The fourth-order valence-electron chi connectivity index (χ4n) is 1.56. The molecule has 5 nitrogen and oxygen atoms in total. The molecule has 0 fully saturated rings. The lowest BCUT2D eigenvalue weighted by Crippen LogP contribution is -2.36. The Morgan fingerprint density at radius 3 is 2.60 bits per heavy atom. The number of nitrogens with two attached hydrogens (primary N) is 1. The number of amides is 1. The second kappa shape index (κ2) is 8.24. The molecule has 7 heteroatoms. The van der Waals surface area contributed by atoms with Crippen LogP contribution in [0.5, 0.6) is 11.5 Å². The van der Waals surface area contributed by atoms with Crippen molar-refractivity contribution in [2.24, 2.45) is 5.73 Å². The highest BCUT2D eigenvalue weighted by atomic mass is 35.5. The zero-order chi connectivity index (χ0) is 15.1. The van der Waals surface area contributed by atoms with Gasteiger partial charge in [-0.25, -0.2) is 0 Å². The molecular formula is C13H19ClN2O3S. The number of carbonyl (C=O) groups excluding carboxylic acids is 1. The van der Waals surface area contributed by atoms with Gasteiger partial charge in [-0.05, 0) is 18.4 Å². The van der Waals surface area contributed by atoms with Crippen LogP contribution in [0.15, 0.2) is 12.1 Å². The summed E-state index contributed by atoms with van der Waals surface area (Å²) in [5, 5.41) is 3.15. The minimum absolute atomic E-state index is 0.262. The molecule has 0 unspecified atom stereocenters. The van der Waals surface area contributed by atoms with Crippen molar-refractivity contribution >= 4 is 35.0 Å². The van der Waals surface area contributed by atoms with Crippen molar-refractivity contribution in [3.63, 3.8) is 0 Å². The van der Waals surface area contributed by atoms with Gasteiger partial charge in [-0.2, -0.15) is 11.8 Å². The monoisotopic (exact) mass is 318 g/mol. The average Bonchev–Trinajstić information content (AvgIpc) is 2.45. The fraction of sp³-hybridized carbons (Fsp3) is 0.462. The quantitative estimate of drug-likeness (QED) is 0.807. The molecule has 20 heavy (non-hydrogen) atoms. The van der Waals surface area contributed by atoms with Gasteiger partial charge in [-0.15, -0.1) is 0 Å². The van der Waals surface area contributed by atoms with Gasteiger partial charge in [0.2, 0.25) is 5.91 Å². The van der Waals surface area contributed by atoms with Crippen molar-refractivity contribution in [3.05, 3.63) is 17.2 Å². The van der Waals surface area contributed by atoms with E-state index in [0.717, 1.165) is 5.75 Å². The van der Waals surface area contributed by atoms with Gasteiger partial charge in [0.1, 0.15) is 11.5 Å². The topological polar surface area (TPSA) is 73.6 Å². The Balaban J connectivity index is 2.87. The SMILES string of the molecule is COc1cc(NC(=O)[C@H](N)CCSC)c(OC)cc1Cl. The first kappa shape index (κ1) is 16.9. The standard InChI is InChI=1S/C13H19ClN2O3S/c1-18-11-7-10(12(19-2)6-8(11)14)16-13(17)9(15)4-5-20-3/h6-7,9H,4-5,15H2,1-3H3,(H,16,17)/t9-/m1/s1. The largest absolute Gasteiger partial charge is 0.495 e. The van der Waals surface area contributed by atoms with Crippen molar-refractivity contribution in [2.75, 3.05) is 31.5 Å². The van der Waals surface area contributed by atoms with Gasteiger partial charge < -0.3 is 20.5 Å². The summed E-state index contributed by atoms with van der Waals surface area (Å²) >= 11 is 7.65. The zero-order valence-corrected chi connectivity index (χ0v) is 13.3. The van der Waals surface area contributed by atoms with Crippen molar-refractivity contribution in [2.45, 2.75) is 12.5 Å². The van der Waals surface area contributed by atoms with Gasteiger partial charge >= 0.3 is 0 Å². The Morgan fingerprint density at radius 2 is 2.05 bits per heavy atom. The van der Waals surface area contributed by atoms with Crippen LogP contribution in [-0.2, 0) is 4.79 Å². The van der Waals surface area contributed by atoms with Crippen LogP contribution in [0.2, 0.25) is 5.02 Å². The van der Waals surface area contributed by atoms with Gasteiger partial charge in [-0.1, -0.05) is 11.6 Å². The molecule has 1 rings (SSSR count). The van der Waals surface area contributed by atoms with Crippen LogP contribution < -0.4 is 20.5 Å². The van der Waals surface area contributed by atoms with E-state index >= 15 is 0 Å². The molecule has 0 aliphatic rings. The molecule has 112 valence electrons. The van der Waals surface area contributed by atoms with Crippen molar-refractivity contribution < 1.29 is 14.3 Å². The van der Waals surface area contributed by atoms with E-state index in [9.17, 15) is 4.79 Å². The van der Waals surface area contributed by atoms with Gasteiger partial charge in [-0.3, -0.25) is 4.79 Å². The van der Waals surface area contributed by atoms with E-state index in [0.29, 0.717) is 28.6 Å². The number of rotatable bonds is 7. The molecule has 0 spiro atoms. The van der Waals surface area contributed by atoms with E-state index in [1.165, 1.54) is 14.2 Å². The molecule has 0 heterocycles. The maximum atomic E-state index is 12.0. The lowest BCUT2D eigenvalue weighted by molar-refractivity contribution is -0.117. The Labute approximate surface area is 128 Å². The van der Waals surface area contributed by atoms with Crippen LogP contribution >= 0.6 is 23.4 Å². The highest BCUT2D eigenvalue weighted by Crippen LogP contribution is 2.35. The molecule has 0 aromatic heterocycles. The molecular weight excluding hydrogens is 300 g/mol. The second-order valence-corrected chi connectivity index (χ2v) is 5.46. The predicted octanol–water partition coefficient (Wildman–Crippen LogP) is 2.38. The van der Waals surface area contributed by atoms with E-state index in [1.807, 2.05) is 6.26 Å². The van der Waals surface area contributed by atoms with Crippen molar-refractivity contribution in [1.29, 1.82) is 0 Å². The molecule has 1 aromatic carbocycles. The number of nitrogens with one attached hydrogen (secondary N) is 1. The number of hydrogen-bond donors (Lipinski definition) is 2. The molecule has 0 bridgehead atoms. The minimum Gasteiger partial charge on any atom is -0.495 e. The molecule has 3 N–H and O–H groups in total. The number of thioether (sulfide) groups is 1. The Hall–Kier alpha value is -1.11. The van der Waals surface area contributed by atoms with Crippen LogP contribution in [0.1, 0.15) is 6.42 Å². The summed E-state index contributed by atoms with van der Waals surface area (Å²) in [5.74, 6) is 1.48. The van der Waals surface area contributed by atoms with Gasteiger partial charge in [0.25, 0.3) is 0 Å². The summed E-state index contributed by atoms with van der Waals surface area (Å²) in [4.78, 5) is 12.0. The average molecular weight is 319 g/mol. The van der Waals surface area contributed by atoms with Crippen molar-refractivity contribution in [3.8, 4) is 11.5 Å².